The van der Waals surface area contributed by atoms with Gasteiger partial charge in [0, 0.05) is 13.6 Å². The van der Waals surface area contributed by atoms with Crippen molar-refractivity contribution in [2.24, 2.45) is 4.99 Å². The summed E-state index contributed by atoms with van der Waals surface area (Å²) in [4.78, 5) is 5.84. The Morgan fingerprint density at radius 1 is 1.86 bits per heavy atom. The molecular weight excluding hydrogens is 112 g/mol. The highest BCUT2D eigenvalue weighted by Gasteiger charge is 2.06. The molecule has 0 fully saturated rings. The number of rotatable bonds is 0. The molecule has 0 atom stereocenters. The van der Waals surface area contributed by atoms with Crippen molar-refractivity contribution in [3.8, 4) is 0 Å². The van der Waals surface area contributed by atoms with Crippen LogP contribution in [0.4, 0.5) is 0 Å². The first kappa shape index (κ1) is 4.91. The summed E-state index contributed by atoms with van der Waals surface area (Å²) in [7, 11) is 1.93. The van der Waals surface area contributed by atoms with Crippen LogP contribution in [0.25, 0.3) is 0 Å². The summed E-state index contributed by atoms with van der Waals surface area (Å²) in [6.07, 6.45) is 0. The molecule has 0 aromatic heterocycles. The van der Waals surface area contributed by atoms with Gasteiger partial charge in [0.05, 0.1) is 6.54 Å². The van der Waals surface area contributed by atoms with Crippen LogP contribution in [0, 0.1) is 0 Å². The number of amidine groups is 1. The fraction of sp³-hybridized carbons (Fsp3) is 0.750. The van der Waals surface area contributed by atoms with E-state index in [0.29, 0.717) is 5.29 Å². The standard InChI is InChI=1S/C4H7ClN2/c1-7-3-2-6-4(7)5/h2-3H2,1H3. The first-order valence-corrected chi connectivity index (χ1v) is 2.59. The van der Waals surface area contributed by atoms with Crippen LogP contribution >= 0.6 is 11.6 Å². The third-order valence-corrected chi connectivity index (χ3v) is 1.40. The molecule has 0 bridgehead atoms. The molecule has 40 valence electrons. The minimum Gasteiger partial charge on any atom is -0.348 e. The summed E-state index contributed by atoms with van der Waals surface area (Å²) < 4.78 is 0. The summed E-state index contributed by atoms with van der Waals surface area (Å²) in [5.74, 6) is 0. The average molecular weight is 119 g/mol. The third kappa shape index (κ3) is 0.855. The van der Waals surface area contributed by atoms with Crippen molar-refractivity contribution >= 4 is 16.9 Å². The number of halogens is 1. The Kier molecular flexibility index (Phi) is 1.19. The Morgan fingerprint density at radius 2 is 2.57 bits per heavy atom. The van der Waals surface area contributed by atoms with Gasteiger partial charge in [0.25, 0.3) is 0 Å². The van der Waals surface area contributed by atoms with Gasteiger partial charge >= 0.3 is 0 Å². The second kappa shape index (κ2) is 1.70. The Hall–Kier alpha value is -0.240. The molecule has 0 spiro atoms. The second-order valence-electron chi connectivity index (χ2n) is 1.57. The SMILES string of the molecule is CN1CCN=C1Cl. The summed E-state index contributed by atoms with van der Waals surface area (Å²) in [5, 5.41) is 0.639. The van der Waals surface area contributed by atoms with Gasteiger partial charge in [0.1, 0.15) is 0 Å². The van der Waals surface area contributed by atoms with Crippen molar-refractivity contribution in [1.29, 1.82) is 0 Å². The third-order valence-electron chi connectivity index (χ3n) is 0.993. The molecule has 7 heavy (non-hydrogen) atoms. The van der Waals surface area contributed by atoms with Gasteiger partial charge in [-0.25, -0.2) is 0 Å². The highest BCUT2D eigenvalue weighted by molar-refractivity contribution is 6.64. The van der Waals surface area contributed by atoms with Crippen LogP contribution in [0.3, 0.4) is 0 Å². The lowest BCUT2D eigenvalue weighted by molar-refractivity contribution is 0.563. The Bertz CT molecular complexity index is 99.9. The van der Waals surface area contributed by atoms with Crippen molar-refractivity contribution in [3.05, 3.63) is 0 Å². The van der Waals surface area contributed by atoms with Crippen LogP contribution < -0.4 is 0 Å². The molecule has 0 amide bonds. The fourth-order valence-electron chi connectivity index (χ4n) is 0.505. The zero-order valence-corrected chi connectivity index (χ0v) is 4.94. The molecule has 3 heteroatoms. The van der Waals surface area contributed by atoms with Crippen LogP contribution in [-0.2, 0) is 0 Å². The van der Waals surface area contributed by atoms with E-state index in [-0.39, 0.29) is 0 Å². The van der Waals surface area contributed by atoms with Crippen LogP contribution in [0.15, 0.2) is 4.99 Å². The highest BCUT2D eigenvalue weighted by Crippen LogP contribution is 1.99. The zero-order chi connectivity index (χ0) is 5.28. The van der Waals surface area contributed by atoms with Crippen molar-refractivity contribution in [2.75, 3.05) is 20.1 Å². The van der Waals surface area contributed by atoms with Crippen LogP contribution in [0.1, 0.15) is 0 Å². The van der Waals surface area contributed by atoms with Gasteiger partial charge in [-0.2, -0.15) is 0 Å². The maximum absolute atomic E-state index is 5.54. The minimum absolute atomic E-state index is 0.639. The molecule has 1 rings (SSSR count). The van der Waals surface area contributed by atoms with Crippen molar-refractivity contribution < 1.29 is 0 Å². The zero-order valence-electron chi connectivity index (χ0n) is 4.19. The van der Waals surface area contributed by atoms with Crippen molar-refractivity contribution in [2.45, 2.75) is 0 Å². The summed E-state index contributed by atoms with van der Waals surface area (Å²) in [6.45, 7) is 1.83. The maximum atomic E-state index is 5.54. The summed E-state index contributed by atoms with van der Waals surface area (Å²) in [5.41, 5.74) is 0. The lowest BCUT2D eigenvalue weighted by atomic mass is 10.6. The minimum atomic E-state index is 0.639. The van der Waals surface area contributed by atoms with Crippen molar-refractivity contribution in [1.82, 2.24) is 4.90 Å². The Morgan fingerprint density at radius 3 is 2.71 bits per heavy atom. The van der Waals surface area contributed by atoms with E-state index in [2.05, 4.69) is 4.99 Å². The van der Waals surface area contributed by atoms with E-state index in [0.717, 1.165) is 13.1 Å². The molecule has 0 radical (unpaired) electrons. The largest absolute Gasteiger partial charge is 0.348 e. The van der Waals surface area contributed by atoms with Crippen LogP contribution in [0.2, 0.25) is 0 Å². The molecule has 1 heterocycles. The number of hydrogen-bond acceptors (Lipinski definition) is 2. The van der Waals surface area contributed by atoms with Gasteiger partial charge in [-0.3, -0.25) is 4.99 Å². The highest BCUT2D eigenvalue weighted by atomic mass is 35.5. The predicted molar refractivity (Wildman–Crippen MR) is 30.8 cm³/mol. The van der Waals surface area contributed by atoms with Crippen LogP contribution in [-0.4, -0.2) is 30.3 Å². The molecule has 0 aromatic carbocycles. The number of hydrogen-bond donors (Lipinski definition) is 0. The van der Waals surface area contributed by atoms with E-state index in [9.17, 15) is 0 Å². The lowest BCUT2D eigenvalue weighted by Gasteiger charge is -2.04. The average Bonchev–Trinajstić information content (AvgIpc) is 1.91. The number of aliphatic imine (C=N–C) groups is 1. The van der Waals surface area contributed by atoms with Gasteiger partial charge in [-0.1, -0.05) is 0 Å². The van der Waals surface area contributed by atoms with Gasteiger partial charge in [0.15, 0.2) is 5.29 Å². The molecular formula is C4H7ClN2. The molecule has 0 aromatic rings. The number of likely N-dealkylation sites (N-methyl/N-ethyl adjacent to an activating group) is 1. The van der Waals surface area contributed by atoms with E-state index in [1.54, 1.807) is 0 Å². The molecule has 2 nitrogen and oxygen atoms in total. The number of nitrogens with zero attached hydrogens (tertiary/aromatic N) is 2. The first-order valence-electron chi connectivity index (χ1n) is 2.22. The normalized spacial score (nSPS) is 20.3. The van der Waals surface area contributed by atoms with E-state index in [1.165, 1.54) is 0 Å². The predicted octanol–water partition coefficient (Wildman–Crippen LogP) is 0.527. The van der Waals surface area contributed by atoms with Gasteiger partial charge in [-0.15, -0.1) is 0 Å². The fourth-order valence-corrected chi connectivity index (χ4v) is 0.674. The van der Waals surface area contributed by atoms with Gasteiger partial charge < -0.3 is 4.90 Å². The molecule has 1 aliphatic rings. The smallest absolute Gasteiger partial charge is 0.193 e. The van der Waals surface area contributed by atoms with Crippen LogP contribution in [0.5, 0.6) is 0 Å². The van der Waals surface area contributed by atoms with Gasteiger partial charge in [-0.05, 0) is 11.6 Å². The monoisotopic (exact) mass is 118 g/mol. The summed E-state index contributed by atoms with van der Waals surface area (Å²) in [6, 6.07) is 0. The Labute approximate surface area is 47.8 Å². The molecule has 0 saturated heterocycles. The molecule has 0 unspecified atom stereocenters. The molecule has 0 aliphatic carbocycles. The molecule has 0 saturated carbocycles. The van der Waals surface area contributed by atoms with E-state index in [1.807, 2.05) is 11.9 Å². The Balaban J connectivity index is 2.54. The van der Waals surface area contributed by atoms with Crippen molar-refractivity contribution in [3.63, 3.8) is 0 Å². The van der Waals surface area contributed by atoms with Gasteiger partial charge in [0.2, 0.25) is 0 Å². The molecule has 1 aliphatic heterocycles. The topological polar surface area (TPSA) is 15.6 Å². The van der Waals surface area contributed by atoms with E-state index in [4.69, 9.17) is 11.6 Å². The van der Waals surface area contributed by atoms with E-state index >= 15 is 0 Å². The maximum Gasteiger partial charge on any atom is 0.193 e. The first-order chi connectivity index (χ1) is 3.30. The quantitative estimate of drug-likeness (QED) is 0.424. The second-order valence-corrected chi connectivity index (χ2v) is 1.91. The summed E-state index contributed by atoms with van der Waals surface area (Å²) >= 11 is 5.54. The van der Waals surface area contributed by atoms with E-state index < -0.39 is 0 Å². The molecule has 0 N–H and O–H groups in total. The lowest BCUT2D eigenvalue weighted by Crippen LogP contribution is -2.17.